The lowest BCUT2D eigenvalue weighted by Crippen LogP contribution is -2.29. The fourth-order valence-electron chi connectivity index (χ4n) is 4.36. The van der Waals surface area contributed by atoms with Crippen molar-refractivity contribution in [3.05, 3.63) is 100 Å². The molecule has 0 saturated carbocycles. The molecule has 0 bridgehead atoms. The fourth-order valence-corrected chi connectivity index (χ4v) is 4.36. The van der Waals surface area contributed by atoms with Crippen LogP contribution in [0.5, 0.6) is 5.75 Å². The summed E-state index contributed by atoms with van der Waals surface area (Å²) in [7, 11) is 1.48. The van der Waals surface area contributed by atoms with Crippen molar-refractivity contribution in [1.82, 2.24) is 0 Å². The first kappa shape index (κ1) is 24.2. The molecule has 6 heteroatoms. The lowest BCUT2D eigenvalue weighted by Gasteiger charge is -2.26. The van der Waals surface area contributed by atoms with E-state index in [0.717, 1.165) is 11.1 Å². The van der Waals surface area contributed by atoms with Crippen molar-refractivity contribution in [1.29, 1.82) is 0 Å². The molecule has 0 aromatic heterocycles. The second-order valence-electron chi connectivity index (χ2n) is 9.72. The van der Waals surface area contributed by atoms with Gasteiger partial charge in [0.15, 0.2) is 0 Å². The smallest absolute Gasteiger partial charge is 0.300 e. The molecule has 1 atom stereocenters. The van der Waals surface area contributed by atoms with Crippen LogP contribution in [0.15, 0.2) is 72.3 Å². The van der Waals surface area contributed by atoms with Crippen molar-refractivity contribution in [2.24, 2.45) is 0 Å². The third kappa shape index (κ3) is 4.44. The van der Waals surface area contributed by atoms with E-state index in [1.807, 2.05) is 52.0 Å². The Balaban J connectivity index is 2.00. The predicted octanol–water partition coefficient (Wildman–Crippen LogP) is 6.07. The van der Waals surface area contributed by atoms with Crippen molar-refractivity contribution < 1.29 is 23.8 Å². The van der Waals surface area contributed by atoms with E-state index in [0.29, 0.717) is 22.6 Å². The standard InChI is InChI=1S/C29H28FNO4/c1-17-7-6-8-18(15-17)25-24(27(33)28(34)31(25)21-12-10-20(30)11-13-21)26(32)22-16-19(29(2,3)4)9-14-23(22)35-5/h6-16,25,32H,1-5H3/b26-24+. The molecule has 1 aliphatic rings. The summed E-state index contributed by atoms with van der Waals surface area (Å²) in [6, 6.07) is 17.3. The van der Waals surface area contributed by atoms with Crippen molar-refractivity contribution >= 4 is 23.1 Å². The van der Waals surface area contributed by atoms with Crippen molar-refractivity contribution in [3.8, 4) is 5.75 Å². The van der Waals surface area contributed by atoms with Gasteiger partial charge in [0.05, 0.1) is 24.3 Å². The van der Waals surface area contributed by atoms with Gasteiger partial charge in [-0.1, -0.05) is 56.7 Å². The monoisotopic (exact) mass is 473 g/mol. The number of aliphatic hydroxyl groups excluding tert-OH is 1. The van der Waals surface area contributed by atoms with E-state index in [2.05, 4.69) is 0 Å². The Bertz CT molecular complexity index is 1340. The first-order chi connectivity index (χ1) is 16.5. The molecule has 1 heterocycles. The van der Waals surface area contributed by atoms with Gasteiger partial charge in [-0.15, -0.1) is 0 Å². The summed E-state index contributed by atoms with van der Waals surface area (Å²) < 4.78 is 19.1. The van der Waals surface area contributed by atoms with Crippen LogP contribution in [-0.4, -0.2) is 23.9 Å². The van der Waals surface area contributed by atoms with E-state index in [9.17, 15) is 19.1 Å². The van der Waals surface area contributed by atoms with Crippen LogP contribution in [0.4, 0.5) is 10.1 Å². The van der Waals surface area contributed by atoms with E-state index in [1.165, 1.54) is 36.3 Å². The Kier molecular flexibility index (Phi) is 6.24. The average Bonchev–Trinajstić information content (AvgIpc) is 3.08. The third-order valence-electron chi connectivity index (χ3n) is 6.23. The molecule has 3 aromatic rings. The summed E-state index contributed by atoms with van der Waals surface area (Å²) in [5, 5.41) is 11.6. The fraction of sp³-hybridized carbons (Fsp3) is 0.241. The number of Topliss-reactive ketones (excluding diaryl/α,β-unsaturated/α-hetero) is 1. The van der Waals surface area contributed by atoms with Gasteiger partial charge >= 0.3 is 0 Å². The van der Waals surface area contributed by atoms with Gasteiger partial charge < -0.3 is 9.84 Å². The molecular weight excluding hydrogens is 445 g/mol. The second-order valence-corrected chi connectivity index (χ2v) is 9.72. The van der Waals surface area contributed by atoms with Crippen LogP contribution in [0.25, 0.3) is 5.76 Å². The lowest BCUT2D eigenvalue weighted by atomic mass is 9.85. The summed E-state index contributed by atoms with van der Waals surface area (Å²) >= 11 is 0. The first-order valence-corrected chi connectivity index (χ1v) is 11.3. The van der Waals surface area contributed by atoms with Crippen molar-refractivity contribution in [2.45, 2.75) is 39.2 Å². The maximum Gasteiger partial charge on any atom is 0.300 e. The molecule has 0 radical (unpaired) electrons. The molecule has 1 saturated heterocycles. The SMILES string of the molecule is COc1ccc(C(C)(C)C)cc1/C(O)=C1\C(=O)C(=O)N(c2ccc(F)cc2)C1c1cccc(C)c1. The molecule has 3 aromatic carbocycles. The van der Waals surface area contributed by atoms with Gasteiger partial charge in [0.1, 0.15) is 17.3 Å². The summed E-state index contributed by atoms with van der Waals surface area (Å²) in [5.74, 6) is -2.01. The number of methoxy groups -OCH3 is 1. The first-order valence-electron chi connectivity index (χ1n) is 11.3. The largest absolute Gasteiger partial charge is 0.507 e. The lowest BCUT2D eigenvalue weighted by molar-refractivity contribution is -0.132. The van der Waals surface area contributed by atoms with E-state index in [4.69, 9.17) is 4.74 Å². The molecule has 35 heavy (non-hydrogen) atoms. The summed E-state index contributed by atoms with van der Waals surface area (Å²) in [6.45, 7) is 8.03. The summed E-state index contributed by atoms with van der Waals surface area (Å²) in [5.41, 5.74) is 2.93. The number of rotatable bonds is 4. The Labute approximate surface area is 204 Å². The number of hydrogen-bond donors (Lipinski definition) is 1. The number of hydrogen-bond acceptors (Lipinski definition) is 4. The molecule has 180 valence electrons. The number of amides is 1. The van der Waals surface area contributed by atoms with E-state index in [1.54, 1.807) is 18.2 Å². The van der Waals surface area contributed by atoms with Gasteiger partial charge in [-0.05, 0) is 59.9 Å². The molecule has 1 unspecified atom stereocenters. The number of benzene rings is 3. The van der Waals surface area contributed by atoms with Crippen molar-refractivity contribution in [3.63, 3.8) is 0 Å². The summed E-state index contributed by atoms with van der Waals surface area (Å²) in [6.07, 6.45) is 0. The van der Waals surface area contributed by atoms with E-state index < -0.39 is 23.5 Å². The Morgan fingerprint density at radius 3 is 2.29 bits per heavy atom. The number of anilines is 1. The number of carbonyl (C=O) groups excluding carboxylic acids is 2. The van der Waals surface area contributed by atoms with Gasteiger partial charge in [0, 0.05) is 5.69 Å². The van der Waals surface area contributed by atoms with Crippen molar-refractivity contribution in [2.75, 3.05) is 12.0 Å². The molecule has 0 spiro atoms. The summed E-state index contributed by atoms with van der Waals surface area (Å²) in [4.78, 5) is 28.0. The molecule has 1 amide bonds. The normalized spacial score (nSPS) is 17.7. The quantitative estimate of drug-likeness (QED) is 0.284. The van der Waals surface area contributed by atoms with E-state index in [-0.39, 0.29) is 16.7 Å². The minimum atomic E-state index is -0.900. The highest BCUT2D eigenvalue weighted by atomic mass is 19.1. The highest BCUT2D eigenvalue weighted by Gasteiger charge is 2.47. The van der Waals surface area contributed by atoms with Crippen LogP contribution >= 0.6 is 0 Å². The molecular formula is C29H28FNO4. The third-order valence-corrected chi connectivity index (χ3v) is 6.23. The van der Waals surface area contributed by atoms with Crippen LogP contribution in [0.3, 0.4) is 0 Å². The second kappa shape index (κ2) is 9.02. The molecule has 5 nitrogen and oxygen atoms in total. The number of carbonyl (C=O) groups is 2. The minimum Gasteiger partial charge on any atom is -0.507 e. The Morgan fingerprint density at radius 2 is 1.69 bits per heavy atom. The van der Waals surface area contributed by atoms with Gasteiger partial charge in [0.2, 0.25) is 0 Å². The van der Waals surface area contributed by atoms with Crippen LogP contribution < -0.4 is 9.64 Å². The van der Waals surface area contributed by atoms with Crippen LogP contribution in [0.2, 0.25) is 0 Å². The zero-order valence-electron chi connectivity index (χ0n) is 20.4. The number of aryl methyl sites for hydroxylation is 1. The van der Waals surface area contributed by atoms with Gasteiger partial charge in [-0.3, -0.25) is 14.5 Å². The molecule has 1 N–H and O–H groups in total. The zero-order valence-corrected chi connectivity index (χ0v) is 20.4. The van der Waals surface area contributed by atoms with Gasteiger partial charge in [0.25, 0.3) is 11.7 Å². The topological polar surface area (TPSA) is 66.8 Å². The zero-order chi connectivity index (χ0) is 25.5. The predicted molar refractivity (Wildman–Crippen MR) is 134 cm³/mol. The number of ether oxygens (including phenoxy) is 1. The number of nitrogens with zero attached hydrogens (tertiary/aromatic N) is 1. The number of ketones is 1. The molecule has 1 fully saturated rings. The highest BCUT2D eigenvalue weighted by molar-refractivity contribution is 6.51. The molecule has 1 aliphatic heterocycles. The highest BCUT2D eigenvalue weighted by Crippen LogP contribution is 2.44. The molecule has 0 aliphatic carbocycles. The minimum absolute atomic E-state index is 0.0470. The van der Waals surface area contributed by atoms with E-state index >= 15 is 0 Å². The maximum atomic E-state index is 13.6. The average molecular weight is 474 g/mol. The van der Waals surface area contributed by atoms with Gasteiger partial charge in [-0.2, -0.15) is 0 Å². The number of aliphatic hydroxyl groups is 1. The maximum absolute atomic E-state index is 13.6. The van der Waals surface area contributed by atoms with Gasteiger partial charge in [-0.25, -0.2) is 4.39 Å². The Morgan fingerprint density at radius 1 is 1.00 bits per heavy atom. The van der Waals surface area contributed by atoms with Crippen LogP contribution in [-0.2, 0) is 15.0 Å². The van der Waals surface area contributed by atoms with Crippen LogP contribution in [0, 0.1) is 12.7 Å². The Hall–Kier alpha value is -3.93. The number of halogens is 1. The van der Waals surface area contributed by atoms with Crippen LogP contribution in [0.1, 0.15) is 49.1 Å². The molecule has 4 rings (SSSR count).